The monoisotopic (exact) mass is 312 g/mol. The molecule has 2 nitrogen and oxygen atoms in total. The van der Waals surface area contributed by atoms with Gasteiger partial charge in [0.05, 0.1) is 0 Å². The molecule has 1 N–H and O–H groups in total. The lowest BCUT2D eigenvalue weighted by atomic mass is 10.3. The van der Waals surface area contributed by atoms with Gasteiger partial charge in [0.25, 0.3) is 0 Å². The highest BCUT2D eigenvalue weighted by atomic mass is 127. The molecular formula is C12H13IN2. The third-order valence-electron chi connectivity index (χ3n) is 2.23. The van der Waals surface area contributed by atoms with Crippen molar-refractivity contribution in [1.82, 2.24) is 4.57 Å². The van der Waals surface area contributed by atoms with Crippen molar-refractivity contribution >= 4 is 28.3 Å². The maximum Gasteiger partial charge on any atom is 0.0415 e. The first-order valence-electron chi connectivity index (χ1n) is 4.84. The lowest BCUT2D eigenvalue weighted by Crippen LogP contribution is -1.98. The van der Waals surface area contributed by atoms with E-state index >= 15 is 0 Å². The van der Waals surface area contributed by atoms with Crippen LogP contribution < -0.4 is 5.32 Å². The van der Waals surface area contributed by atoms with Gasteiger partial charge < -0.3 is 9.88 Å². The SMILES string of the molecule is Cn1ccc(CNc2ccc(I)cc2)c1. The van der Waals surface area contributed by atoms with Crippen LogP contribution in [-0.2, 0) is 13.6 Å². The van der Waals surface area contributed by atoms with Crippen LogP contribution in [0.5, 0.6) is 0 Å². The van der Waals surface area contributed by atoms with E-state index < -0.39 is 0 Å². The second-order valence-electron chi connectivity index (χ2n) is 3.55. The first kappa shape index (κ1) is 10.5. The Morgan fingerprint density at radius 2 is 1.93 bits per heavy atom. The molecule has 0 saturated carbocycles. The molecule has 0 bridgehead atoms. The van der Waals surface area contributed by atoms with Gasteiger partial charge >= 0.3 is 0 Å². The molecule has 0 aliphatic rings. The van der Waals surface area contributed by atoms with Crippen LogP contribution in [0.4, 0.5) is 5.69 Å². The first-order chi connectivity index (χ1) is 7.24. The molecule has 0 radical (unpaired) electrons. The van der Waals surface area contributed by atoms with E-state index in [0.29, 0.717) is 0 Å². The van der Waals surface area contributed by atoms with Crippen LogP contribution in [0.2, 0.25) is 0 Å². The summed E-state index contributed by atoms with van der Waals surface area (Å²) in [6, 6.07) is 10.5. The van der Waals surface area contributed by atoms with Gasteiger partial charge in [-0.05, 0) is 58.5 Å². The third-order valence-corrected chi connectivity index (χ3v) is 2.95. The van der Waals surface area contributed by atoms with Gasteiger partial charge in [0, 0.05) is 35.2 Å². The number of anilines is 1. The zero-order chi connectivity index (χ0) is 10.7. The molecule has 1 heterocycles. The molecule has 78 valence electrons. The molecule has 1 aromatic heterocycles. The number of benzene rings is 1. The quantitative estimate of drug-likeness (QED) is 0.861. The summed E-state index contributed by atoms with van der Waals surface area (Å²) >= 11 is 2.31. The number of hydrogen-bond donors (Lipinski definition) is 1. The van der Waals surface area contributed by atoms with Crippen molar-refractivity contribution in [1.29, 1.82) is 0 Å². The Labute approximate surface area is 103 Å². The van der Waals surface area contributed by atoms with Gasteiger partial charge in [-0.2, -0.15) is 0 Å². The van der Waals surface area contributed by atoms with Crippen LogP contribution in [0.3, 0.4) is 0 Å². The second-order valence-corrected chi connectivity index (χ2v) is 4.79. The highest BCUT2D eigenvalue weighted by molar-refractivity contribution is 14.1. The van der Waals surface area contributed by atoms with Crippen molar-refractivity contribution < 1.29 is 0 Å². The van der Waals surface area contributed by atoms with Crippen LogP contribution in [0.15, 0.2) is 42.7 Å². The van der Waals surface area contributed by atoms with Crippen LogP contribution in [0, 0.1) is 3.57 Å². The summed E-state index contributed by atoms with van der Waals surface area (Å²) in [7, 11) is 2.04. The van der Waals surface area contributed by atoms with E-state index in [1.54, 1.807) is 0 Å². The number of rotatable bonds is 3. The first-order valence-corrected chi connectivity index (χ1v) is 5.92. The summed E-state index contributed by atoms with van der Waals surface area (Å²) < 4.78 is 3.32. The molecule has 0 aliphatic heterocycles. The van der Waals surface area contributed by atoms with E-state index in [2.05, 4.69) is 75.2 Å². The van der Waals surface area contributed by atoms with Crippen molar-refractivity contribution in [3.63, 3.8) is 0 Å². The van der Waals surface area contributed by atoms with Gasteiger partial charge in [0.2, 0.25) is 0 Å². The van der Waals surface area contributed by atoms with Crippen LogP contribution in [0.1, 0.15) is 5.56 Å². The molecule has 2 rings (SSSR count). The van der Waals surface area contributed by atoms with Crippen molar-refractivity contribution in [2.45, 2.75) is 6.54 Å². The molecule has 0 saturated heterocycles. The van der Waals surface area contributed by atoms with E-state index in [-0.39, 0.29) is 0 Å². The zero-order valence-corrected chi connectivity index (χ0v) is 10.7. The fraction of sp³-hybridized carbons (Fsp3) is 0.167. The summed E-state index contributed by atoms with van der Waals surface area (Å²) in [5, 5.41) is 3.38. The third kappa shape index (κ3) is 2.99. The molecule has 0 atom stereocenters. The Kier molecular flexibility index (Phi) is 3.30. The summed E-state index contributed by atoms with van der Waals surface area (Å²) in [5.74, 6) is 0. The maximum absolute atomic E-state index is 3.38. The van der Waals surface area contributed by atoms with Gasteiger partial charge in [-0.1, -0.05) is 0 Å². The van der Waals surface area contributed by atoms with Gasteiger partial charge in [0.15, 0.2) is 0 Å². The minimum atomic E-state index is 0.876. The number of aryl methyl sites for hydroxylation is 1. The van der Waals surface area contributed by atoms with E-state index in [0.717, 1.165) is 6.54 Å². The number of nitrogens with zero attached hydrogens (tertiary/aromatic N) is 1. The summed E-state index contributed by atoms with van der Waals surface area (Å²) in [5.41, 5.74) is 2.47. The van der Waals surface area contributed by atoms with Gasteiger partial charge in [-0.15, -0.1) is 0 Å². The van der Waals surface area contributed by atoms with Crippen molar-refractivity contribution in [3.8, 4) is 0 Å². The maximum atomic E-state index is 3.38. The topological polar surface area (TPSA) is 17.0 Å². The molecule has 15 heavy (non-hydrogen) atoms. The van der Waals surface area contributed by atoms with E-state index in [9.17, 15) is 0 Å². The lowest BCUT2D eigenvalue weighted by Gasteiger charge is -2.04. The van der Waals surface area contributed by atoms with Gasteiger partial charge in [-0.3, -0.25) is 0 Å². The average molecular weight is 312 g/mol. The minimum absolute atomic E-state index is 0.876. The Balaban J connectivity index is 1.96. The fourth-order valence-corrected chi connectivity index (χ4v) is 1.80. The van der Waals surface area contributed by atoms with Gasteiger partial charge in [-0.25, -0.2) is 0 Å². The predicted octanol–water partition coefficient (Wildman–Crippen LogP) is 3.24. The van der Waals surface area contributed by atoms with Crippen molar-refractivity contribution in [2.75, 3.05) is 5.32 Å². The molecule has 0 spiro atoms. The summed E-state index contributed by atoms with van der Waals surface area (Å²) in [6.45, 7) is 0.876. The predicted molar refractivity (Wildman–Crippen MR) is 71.9 cm³/mol. The van der Waals surface area contributed by atoms with Crippen LogP contribution in [-0.4, -0.2) is 4.57 Å². The molecule has 0 unspecified atom stereocenters. The van der Waals surface area contributed by atoms with Gasteiger partial charge in [0.1, 0.15) is 0 Å². The standard InChI is InChI=1S/C12H13IN2/c1-15-7-6-10(9-15)8-14-12-4-2-11(13)3-5-12/h2-7,9,14H,8H2,1H3. The molecule has 3 heteroatoms. The number of nitrogens with one attached hydrogen (secondary N) is 1. The Morgan fingerprint density at radius 1 is 1.20 bits per heavy atom. The minimum Gasteiger partial charge on any atom is -0.381 e. The normalized spacial score (nSPS) is 10.3. The molecule has 0 aliphatic carbocycles. The van der Waals surface area contributed by atoms with E-state index in [1.807, 2.05) is 7.05 Å². The number of halogens is 1. The number of aromatic nitrogens is 1. The Morgan fingerprint density at radius 3 is 2.53 bits per heavy atom. The Hall–Kier alpha value is -0.970. The van der Waals surface area contributed by atoms with Crippen molar-refractivity contribution in [3.05, 3.63) is 51.9 Å². The summed E-state index contributed by atoms with van der Waals surface area (Å²) in [6.07, 6.45) is 4.19. The number of hydrogen-bond acceptors (Lipinski definition) is 1. The van der Waals surface area contributed by atoms with Crippen LogP contribution >= 0.6 is 22.6 Å². The highest BCUT2D eigenvalue weighted by Crippen LogP contribution is 2.12. The molecule has 0 fully saturated rings. The fourth-order valence-electron chi connectivity index (χ4n) is 1.44. The largest absolute Gasteiger partial charge is 0.381 e. The zero-order valence-electron chi connectivity index (χ0n) is 8.57. The molecule has 1 aromatic carbocycles. The smallest absolute Gasteiger partial charge is 0.0415 e. The average Bonchev–Trinajstić information content (AvgIpc) is 2.64. The Bertz CT molecular complexity index is 431. The molecule has 0 amide bonds. The van der Waals surface area contributed by atoms with E-state index in [1.165, 1.54) is 14.8 Å². The lowest BCUT2D eigenvalue weighted by molar-refractivity contribution is 0.920. The molecule has 2 aromatic rings. The molecular weight excluding hydrogens is 299 g/mol. The second kappa shape index (κ2) is 4.70. The van der Waals surface area contributed by atoms with Crippen molar-refractivity contribution in [2.24, 2.45) is 7.05 Å². The summed E-state index contributed by atoms with van der Waals surface area (Å²) in [4.78, 5) is 0. The van der Waals surface area contributed by atoms with E-state index in [4.69, 9.17) is 0 Å². The van der Waals surface area contributed by atoms with Crippen LogP contribution in [0.25, 0.3) is 0 Å². The highest BCUT2D eigenvalue weighted by Gasteiger charge is 1.95.